The molecule has 0 aliphatic rings. The predicted molar refractivity (Wildman–Crippen MR) is 98.6 cm³/mol. The maximum Gasteiger partial charge on any atom is 0.355 e. The number of halogens is 4. The quantitative estimate of drug-likeness (QED) is 0.635. The minimum Gasteiger partial charge on any atom is -0.342 e. The fourth-order valence-electron chi connectivity index (χ4n) is 3.11. The van der Waals surface area contributed by atoms with E-state index in [-0.39, 0.29) is 16.8 Å². The number of amides is 1. The Hall–Kier alpha value is -3.74. The number of nitrogens with zero attached hydrogens (tertiary/aromatic N) is 2. The molecule has 154 valence electrons. The Kier molecular flexibility index (Phi) is 5.31. The van der Waals surface area contributed by atoms with Crippen LogP contribution in [0.1, 0.15) is 35.3 Å². The number of benzene rings is 1. The van der Waals surface area contributed by atoms with Crippen LogP contribution in [0.5, 0.6) is 0 Å². The highest BCUT2D eigenvalue weighted by molar-refractivity contribution is 5.89. The molecule has 1 atom stereocenters. The average molecular weight is 418 g/mol. The molecule has 3 rings (SSSR count). The molecule has 2 N–H and O–H groups in total. The summed E-state index contributed by atoms with van der Waals surface area (Å²) < 4.78 is 57.6. The van der Waals surface area contributed by atoms with Gasteiger partial charge in [0.05, 0.1) is 34.4 Å². The van der Waals surface area contributed by atoms with Crippen molar-refractivity contribution in [3.05, 3.63) is 74.8 Å². The van der Waals surface area contributed by atoms with Crippen molar-refractivity contribution in [2.45, 2.75) is 25.8 Å². The SMILES string of the molecule is Cc1c(C(F)(F)C(=O)N[C@H](C)c2cc(C#N)ccn2)c(=O)[nH]c2ccc(F)c(F)c12. The Balaban J connectivity index is 2.03. The first kappa shape index (κ1) is 21.0. The zero-order valence-electron chi connectivity index (χ0n) is 15.7. The summed E-state index contributed by atoms with van der Waals surface area (Å²) >= 11 is 0. The van der Waals surface area contributed by atoms with E-state index in [1.54, 1.807) is 0 Å². The summed E-state index contributed by atoms with van der Waals surface area (Å²) in [6, 6.07) is 5.35. The molecule has 0 radical (unpaired) electrons. The molecule has 30 heavy (non-hydrogen) atoms. The van der Waals surface area contributed by atoms with E-state index < -0.39 is 51.6 Å². The van der Waals surface area contributed by atoms with Gasteiger partial charge in [-0.25, -0.2) is 8.78 Å². The lowest BCUT2D eigenvalue weighted by Gasteiger charge is -2.21. The first-order chi connectivity index (χ1) is 14.1. The second-order valence-corrected chi connectivity index (χ2v) is 6.59. The Morgan fingerprint density at radius 2 is 2.00 bits per heavy atom. The number of carbonyl (C=O) groups is 1. The molecule has 3 aromatic rings. The van der Waals surface area contributed by atoms with Gasteiger partial charge in [-0.3, -0.25) is 14.6 Å². The molecule has 0 fully saturated rings. The molecular formula is C20H14F4N4O2. The molecular weight excluding hydrogens is 404 g/mol. The molecule has 0 aliphatic carbocycles. The van der Waals surface area contributed by atoms with Gasteiger partial charge in [0.15, 0.2) is 11.6 Å². The number of aryl methyl sites for hydroxylation is 1. The molecule has 0 saturated carbocycles. The highest BCUT2D eigenvalue weighted by Gasteiger charge is 2.45. The summed E-state index contributed by atoms with van der Waals surface area (Å²) in [4.78, 5) is 30.6. The van der Waals surface area contributed by atoms with Crippen molar-refractivity contribution in [1.29, 1.82) is 5.26 Å². The van der Waals surface area contributed by atoms with Crippen LogP contribution in [0.15, 0.2) is 35.3 Å². The molecule has 1 aromatic carbocycles. The lowest BCUT2D eigenvalue weighted by Crippen LogP contribution is -2.43. The minimum atomic E-state index is -4.36. The van der Waals surface area contributed by atoms with Crippen molar-refractivity contribution >= 4 is 16.8 Å². The Morgan fingerprint density at radius 1 is 1.30 bits per heavy atom. The Labute approximate surface area is 167 Å². The van der Waals surface area contributed by atoms with Gasteiger partial charge in [-0.15, -0.1) is 0 Å². The van der Waals surface area contributed by atoms with Crippen molar-refractivity contribution in [3.63, 3.8) is 0 Å². The monoisotopic (exact) mass is 418 g/mol. The standard InChI is InChI=1S/C20H14F4N4O2/c1-9-15-13(4-3-12(21)17(15)22)28-18(29)16(9)20(23,24)19(30)27-10(2)14-7-11(8-25)5-6-26-14/h3-7,10H,1-2H3,(H,27,30)(H,28,29)/t10-/m1/s1. The number of fused-ring (bicyclic) bond motifs is 1. The highest BCUT2D eigenvalue weighted by Crippen LogP contribution is 2.33. The summed E-state index contributed by atoms with van der Waals surface area (Å²) in [5, 5.41) is 10.4. The molecule has 0 spiro atoms. The number of aromatic nitrogens is 2. The van der Waals surface area contributed by atoms with E-state index >= 15 is 0 Å². The van der Waals surface area contributed by atoms with Crippen LogP contribution in [0.3, 0.4) is 0 Å². The maximum absolute atomic E-state index is 14.9. The lowest BCUT2D eigenvalue weighted by atomic mass is 9.98. The van der Waals surface area contributed by atoms with Crippen LogP contribution < -0.4 is 10.9 Å². The lowest BCUT2D eigenvalue weighted by molar-refractivity contribution is -0.148. The number of nitriles is 1. The summed E-state index contributed by atoms with van der Waals surface area (Å²) in [6.07, 6.45) is 1.28. The van der Waals surface area contributed by atoms with Gasteiger partial charge in [-0.2, -0.15) is 14.0 Å². The largest absolute Gasteiger partial charge is 0.355 e. The third-order valence-electron chi connectivity index (χ3n) is 4.62. The first-order valence-corrected chi connectivity index (χ1v) is 8.63. The van der Waals surface area contributed by atoms with Gasteiger partial charge in [0.25, 0.3) is 11.5 Å². The van der Waals surface area contributed by atoms with Crippen LogP contribution in [-0.2, 0) is 10.7 Å². The number of carbonyl (C=O) groups excluding carboxylic acids is 1. The number of hydrogen-bond acceptors (Lipinski definition) is 4. The van der Waals surface area contributed by atoms with E-state index in [1.165, 1.54) is 25.3 Å². The fourth-order valence-corrected chi connectivity index (χ4v) is 3.11. The third-order valence-corrected chi connectivity index (χ3v) is 4.62. The van der Waals surface area contributed by atoms with Gasteiger partial charge in [-0.1, -0.05) is 0 Å². The molecule has 0 saturated heterocycles. The number of nitrogens with one attached hydrogen (secondary N) is 2. The smallest absolute Gasteiger partial charge is 0.342 e. The summed E-state index contributed by atoms with van der Waals surface area (Å²) in [7, 11) is 0. The zero-order chi connectivity index (χ0) is 22.2. The van der Waals surface area contributed by atoms with Crippen molar-refractivity contribution in [3.8, 4) is 6.07 Å². The van der Waals surface area contributed by atoms with E-state index in [0.717, 1.165) is 19.1 Å². The van der Waals surface area contributed by atoms with Gasteiger partial charge in [-0.05, 0) is 43.7 Å². The minimum absolute atomic E-state index is 0.149. The number of alkyl halides is 2. The summed E-state index contributed by atoms with van der Waals surface area (Å²) in [6.45, 7) is 2.38. The number of H-pyrrole nitrogens is 1. The molecule has 0 unspecified atom stereocenters. The number of aromatic amines is 1. The van der Waals surface area contributed by atoms with Gasteiger partial charge in [0.2, 0.25) is 0 Å². The average Bonchev–Trinajstić information content (AvgIpc) is 2.70. The summed E-state index contributed by atoms with van der Waals surface area (Å²) in [5.74, 6) is -8.88. The second-order valence-electron chi connectivity index (χ2n) is 6.59. The van der Waals surface area contributed by atoms with Crippen molar-refractivity contribution in [2.24, 2.45) is 0 Å². The number of hydrogen-bond donors (Lipinski definition) is 2. The van der Waals surface area contributed by atoms with Crippen LogP contribution in [0.25, 0.3) is 10.9 Å². The van der Waals surface area contributed by atoms with E-state index in [4.69, 9.17) is 5.26 Å². The van der Waals surface area contributed by atoms with Gasteiger partial charge < -0.3 is 10.3 Å². The van der Waals surface area contributed by atoms with E-state index in [0.29, 0.717) is 0 Å². The Bertz CT molecular complexity index is 1260. The molecule has 1 amide bonds. The topological polar surface area (TPSA) is 98.6 Å². The van der Waals surface area contributed by atoms with E-state index in [1.807, 2.05) is 11.4 Å². The third kappa shape index (κ3) is 3.50. The second kappa shape index (κ2) is 7.59. The van der Waals surface area contributed by atoms with Crippen LogP contribution in [0.2, 0.25) is 0 Å². The van der Waals surface area contributed by atoms with Crippen molar-refractivity contribution in [2.75, 3.05) is 0 Å². The zero-order valence-corrected chi connectivity index (χ0v) is 15.7. The Morgan fingerprint density at radius 3 is 2.67 bits per heavy atom. The first-order valence-electron chi connectivity index (χ1n) is 8.63. The van der Waals surface area contributed by atoms with E-state index in [9.17, 15) is 27.2 Å². The molecule has 0 aliphatic heterocycles. The van der Waals surface area contributed by atoms with Gasteiger partial charge in [0, 0.05) is 11.6 Å². The van der Waals surface area contributed by atoms with Gasteiger partial charge in [0.1, 0.15) is 0 Å². The molecule has 2 heterocycles. The predicted octanol–water partition coefficient (Wildman–Crippen LogP) is 3.35. The van der Waals surface area contributed by atoms with Crippen molar-refractivity contribution < 1.29 is 22.4 Å². The van der Waals surface area contributed by atoms with Gasteiger partial charge >= 0.3 is 5.92 Å². The van der Waals surface area contributed by atoms with E-state index in [2.05, 4.69) is 9.97 Å². The number of pyridine rings is 2. The molecule has 0 bridgehead atoms. The van der Waals surface area contributed by atoms with Crippen LogP contribution in [0.4, 0.5) is 17.6 Å². The molecule has 10 heteroatoms. The normalized spacial score (nSPS) is 12.4. The fraction of sp³-hybridized carbons (Fsp3) is 0.200. The maximum atomic E-state index is 14.9. The number of rotatable bonds is 4. The van der Waals surface area contributed by atoms with Crippen LogP contribution in [-0.4, -0.2) is 15.9 Å². The summed E-state index contributed by atoms with van der Waals surface area (Å²) in [5.41, 5.74) is -2.96. The highest BCUT2D eigenvalue weighted by atomic mass is 19.3. The molecule has 2 aromatic heterocycles. The molecule has 6 nitrogen and oxygen atoms in total. The van der Waals surface area contributed by atoms with Crippen molar-refractivity contribution in [1.82, 2.24) is 15.3 Å². The van der Waals surface area contributed by atoms with Crippen LogP contribution in [0, 0.1) is 29.9 Å². The van der Waals surface area contributed by atoms with Crippen LogP contribution >= 0.6 is 0 Å².